The Morgan fingerprint density at radius 1 is 1.13 bits per heavy atom. The number of para-hydroxylation sites is 2. The van der Waals surface area contributed by atoms with Crippen LogP contribution in [0.2, 0.25) is 5.02 Å². The molecule has 0 radical (unpaired) electrons. The third-order valence-corrected chi connectivity index (χ3v) is 5.85. The Balaban J connectivity index is 1.32. The number of nitrogens with two attached hydrogens (primary N) is 1. The van der Waals surface area contributed by atoms with Crippen LogP contribution in [0.25, 0.3) is 0 Å². The summed E-state index contributed by atoms with van der Waals surface area (Å²) in [6, 6.07) is 14.2. The molecule has 2 heterocycles. The van der Waals surface area contributed by atoms with Crippen molar-refractivity contribution in [1.82, 2.24) is 9.80 Å². The average molecular weight is 432 g/mol. The minimum Gasteiger partial charge on any atom is -0.486 e. The van der Waals surface area contributed by atoms with Crippen LogP contribution in [-0.4, -0.2) is 72.4 Å². The first-order chi connectivity index (χ1) is 14.5. The number of carbonyl (C=O) groups excluding carboxylic acids is 1. The molecule has 0 saturated carbocycles. The predicted molar refractivity (Wildman–Crippen MR) is 114 cm³/mol. The molecule has 1 amide bonds. The minimum absolute atomic E-state index is 0.316. The van der Waals surface area contributed by atoms with E-state index in [9.17, 15) is 9.90 Å². The fourth-order valence-corrected chi connectivity index (χ4v) is 4.24. The summed E-state index contributed by atoms with van der Waals surface area (Å²) < 4.78 is 11.6. The van der Waals surface area contributed by atoms with Crippen LogP contribution in [0, 0.1) is 0 Å². The van der Waals surface area contributed by atoms with Gasteiger partial charge in [-0.3, -0.25) is 14.6 Å². The SMILES string of the molecule is NC(=O)C(c1cccc(Cl)c1)N1CCN(CC(O)C2COc3ccccc3O2)CC1. The van der Waals surface area contributed by atoms with E-state index in [0.717, 1.165) is 5.56 Å². The maximum atomic E-state index is 12.1. The van der Waals surface area contributed by atoms with Gasteiger partial charge in [0.15, 0.2) is 17.6 Å². The number of carbonyl (C=O) groups is 1. The van der Waals surface area contributed by atoms with E-state index in [2.05, 4.69) is 9.80 Å². The maximum Gasteiger partial charge on any atom is 0.239 e. The van der Waals surface area contributed by atoms with Crippen molar-refractivity contribution >= 4 is 17.5 Å². The second-order valence-electron chi connectivity index (χ2n) is 7.68. The highest BCUT2D eigenvalue weighted by molar-refractivity contribution is 6.30. The summed E-state index contributed by atoms with van der Waals surface area (Å²) in [7, 11) is 0. The Bertz CT molecular complexity index is 888. The van der Waals surface area contributed by atoms with Gasteiger partial charge in [-0.15, -0.1) is 0 Å². The van der Waals surface area contributed by atoms with Crippen LogP contribution >= 0.6 is 11.6 Å². The maximum absolute atomic E-state index is 12.1. The Morgan fingerprint density at radius 3 is 2.57 bits per heavy atom. The van der Waals surface area contributed by atoms with Crippen LogP contribution in [0.15, 0.2) is 48.5 Å². The number of aliphatic hydroxyl groups is 1. The van der Waals surface area contributed by atoms with E-state index >= 15 is 0 Å². The van der Waals surface area contributed by atoms with E-state index in [4.69, 9.17) is 26.8 Å². The average Bonchev–Trinajstić information content (AvgIpc) is 2.74. The number of ether oxygens (including phenoxy) is 2. The number of β-amino-alcohol motifs (C(OH)–C–C–N with tert-alkyl or cyclic N) is 1. The summed E-state index contributed by atoms with van der Waals surface area (Å²) >= 11 is 6.09. The summed E-state index contributed by atoms with van der Waals surface area (Å²) in [5, 5.41) is 11.3. The van der Waals surface area contributed by atoms with Gasteiger partial charge in [-0.2, -0.15) is 0 Å². The third kappa shape index (κ3) is 4.70. The number of aliphatic hydroxyl groups excluding tert-OH is 1. The van der Waals surface area contributed by atoms with E-state index in [-0.39, 0.29) is 0 Å². The molecule has 2 aliphatic heterocycles. The number of piperazine rings is 1. The van der Waals surface area contributed by atoms with Crippen molar-refractivity contribution in [2.24, 2.45) is 5.73 Å². The monoisotopic (exact) mass is 431 g/mol. The summed E-state index contributed by atoms with van der Waals surface area (Å²) in [6.07, 6.45) is -1.09. The van der Waals surface area contributed by atoms with Gasteiger partial charge in [0.25, 0.3) is 0 Å². The van der Waals surface area contributed by atoms with E-state index in [1.807, 2.05) is 36.4 Å². The zero-order chi connectivity index (χ0) is 21.1. The van der Waals surface area contributed by atoms with Gasteiger partial charge in [0, 0.05) is 37.7 Å². The van der Waals surface area contributed by atoms with Gasteiger partial charge in [-0.25, -0.2) is 0 Å². The Labute approximate surface area is 180 Å². The summed E-state index contributed by atoms with van der Waals surface area (Å²) in [4.78, 5) is 16.4. The topological polar surface area (TPSA) is 88.3 Å². The molecule has 0 spiro atoms. The van der Waals surface area contributed by atoms with Crippen LogP contribution in [-0.2, 0) is 4.79 Å². The second-order valence-corrected chi connectivity index (χ2v) is 8.11. The summed E-state index contributed by atoms with van der Waals surface area (Å²) in [5.74, 6) is 0.966. The minimum atomic E-state index is -0.676. The molecule has 30 heavy (non-hydrogen) atoms. The third-order valence-electron chi connectivity index (χ3n) is 5.61. The molecular formula is C22H26ClN3O4. The second kappa shape index (κ2) is 9.22. The van der Waals surface area contributed by atoms with E-state index in [0.29, 0.717) is 55.9 Å². The lowest BCUT2D eigenvalue weighted by atomic mass is 10.0. The normalized spacial score (nSPS) is 21.7. The number of benzene rings is 2. The lowest BCUT2D eigenvalue weighted by molar-refractivity contribution is -0.124. The molecule has 2 aliphatic rings. The Morgan fingerprint density at radius 2 is 1.87 bits per heavy atom. The number of hydrogen-bond acceptors (Lipinski definition) is 6. The van der Waals surface area contributed by atoms with Crippen LogP contribution in [0.5, 0.6) is 11.5 Å². The summed E-state index contributed by atoms with van der Waals surface area (Å²) in [5.41, 5.74) is 6.49. The van der Waals surface area contributed by atoms with Crippen molar-refractivity contribution in [1.29, 1.82) is 0 Å². The summed E-state index contributed by atoms with van der Waals surface area (Å²) in [6.45, 7) is 3.55. The van der Waals surface area contributed by atoms with E-state index < -0.39 is 24.2 Å². The van der Waals surface area contributed by atoms with Crippen LogP contribution in [0.1, 0.15) is 11.6 Å². The standard InChI is InChI=1S/C22H26ClN3O4/c23-16-5-3-4-15(12-16)21(22(24)28)26-10-8-25(9-11-26)13-17(27)20-14-29-18-6-1-2-7-19(18)30-20/h1-7,12,17,20-21,27H,8-11,13-14H2,(H2,24,28). The number of nitrogens with zero attached hydrogens (tertiary/aromatic N) is 2. The van der Waals surface area contributed by atoms with Gasteiger partial charge >= 0.3 is 0 Å². The number of primary amides is 1. The van der Waals surface area contributed by atoms with Gasteiger partial charge in [-0.1, -0.05) is 35.9 Å². The zero-order valence-electron chi connectivity index (χ0n) is 16.6. The molecule has 8 heteroatoms. The highest BCUT2D eigenvalue weighted by atomic mass is 35.5. The molecule has 7 nitrogen and oxygen atoms in total. The van der Waals surface area contributed by atoms with Crippen molar-refractivity contribution in [3.8, 4) is 11.5 Å². The van der Waals surface area contributed by atoms with Crippen LogP contribution < -0.4 is 15.2 Å². The molecule has 1 saturated heterocycles. The van der Waals surface area contributed by atoms with Gasteiger partial charge in [0.1, 0.15) is 18.8 Å². The number of halogens is 1. The van der Waals surface area contributed by atoms with E-state index in [1.165, 1.54) is 0 Å². The molecule has 1 fully saturated rings. The molecule has 0 bridgehead atoms. The molecule has 2 aromatic rings. The first-order valence-corrected chi connectivity index (χ1v) is 10.5. The predicted octanol–water partition coefficient (Wildman–Crippen LogP) is 1.68. The fraction of sp³-hybridized carbons (Fsp3) is 0.409. The van der Waals surface area contributed by atoms with Gasteiger partial charge < -0.3 is 20.3 Å². The van der Waals surface area contributed by atoms with Crippen LogP contribution in [0.3, 0.4) is 0 Å². The molecule has 2 aromatic carbocycles. The van der Waals surface area contributed by atoms with Crippen molar-refractivity contribution in [2.75, 3.05) is 39.3 Å². The number of fused-ring (bicyclic) bond motifs is 1. The van der Waals surface area contributed by atoms with Crippen molar-refractivity contribution < 1.29 is 19.4 Å². The molecule has 0 aliphatic carbocycles. The fourth-order valence-electron chi connectivity index (χ4n) is 4.04. The van der Waals surface area contributed by atoms with Gasteiger partial charge in [0.05, 0.1) is 0 Å². The lowest BCUT2D eigenvalue weighted by Crippen LogP contribution is -2.54. The highest BCUT2D eigenvalue weighted by Crippen LogP contribution is 2.32. The Kier molecular flexibility index (Phi) is 6.43. The van der Waals surface area contributed by atoms with Crippen molar-refractivity contribution in [3.05, 3.63) is 59.1 Å². The van der Waals surface area contributed by atoms with Gasteiger partial charge in [0.2, 0.25) is 5.91 Å². The van der Waals surface area contributed by atoms with Crippen LogP contribution in [0.4, 0.5) is 0 Å². The number of amides is 1. The van der Waals surface area contributed by atoms with Gasteiger partial charge in [-0.05, 0) is 29.8 Å². The lowest BCUT2D eigenvalue weighted by Gasteiger charge is -2.40. The smallest absolute Gasteiger partial charge is 0.239 e. The highest BCUT2D eigenvalue weighted by Gasteiger charge is 2.32. The first kappa shape index (κ1) is 20.9. The van der Waals surface area contributed by atoms with Crippen molar-refractivity contribution in [3.63, 3.8) is 0 Å². The molecule has 3 atom stereocenters. The molecule has 4 rings (SSSR count). The van der Waals surface area contributed by atoms with E-state index in [1.54, 1.807) is 12.1 Å². The molecule has 3 unspecified atom stereocenters. The molecular weight excluding hydrogens is 406 g/mol. The molecule has 0 aromatic heterocycles. The largest absolute Gasteiger partial charge is 0.486 e. The quantitative estimate of drug-likeness (QED) is 0.723. The molecule has 160 valence electrons. The Hall–Kier alpha value is -2.32. The van der Waals surface area contributed by atoms with Crippen molar-refractivity contribution in [2.45, 2.75) is 18.2 Å². The molecule has 3 N–H and O–H groups in total. The zero-order valence-corrected chi connectivity index (χ0v) is 17.4. The first-order valence-electron chi connectivity index (χ1n) is 10.1. The number of hydrogen-bond donors (Lipinski definition) is 2. The number of rotatable bonds is 6.